The van der Waals surface area contributed by atoms with E-state index in [1.54, 1.807) is 32.9 Å². The zero-order chi connectivity index (χ0) is 22.2. The Bertz CT molecular complexity index is 1230. The van der Waals surface area contributed by atoms with Crippen LogP contribution in [0.1, 0.15) is 40.3 Å². The number of hydrogen-bond acceptors (Lipinski definition) is 6. The Hall–Kier alpha value is -2.49. The lowest BCUT2D eigenvalue weighted by atomic mass is 10.1. The second kappa shape index (κ2) is 8.33. The molecule has 160 valence electrons. The maximum absolute atomic E-state index is 13.0. The van der Waals surface area contributed by atoms with Crippen molar-refractivity contribution in [3.8, 4) is 0 Å². The lowest BCUT2D eigenvalue weighted by Crippen LogP contribution is -2.31. The molecule has 0 saturated carbocycles. The van der Waals surface area contributed by atoms with E-state index in [1.165, 1.54) is 21.7 Å². The number of nitrogens with two attached hydrogens (primary N) is 1. The van der Waals surface area contributed by atoms with Gasteiger partial charge in [-0.05, 0) is 50.1 Å². The molecule has 0 radical (unpaired) electrons. The number of hydrogen-bond donors (Lipinski definition) is 2. The maximum atomic E-state index is 13.0. The molecule has 0 atom stereocenters. The van der Waals surface area contributed by atoms with Crippen molar-refractivity contribution in [3.63, 3.8) is 0 Å². The third-order valence-electron chi connectivity index (χ3n) is 5.00. The summed E-state index contributed by atoms with van der Waals surface area (Å²) >= 11 is 1.23. The van der Waals surface area contributed by atoms with E-state index in [4.69, 9.17) is 5.73 Å². The van der Waals surface area contributed by atoms with Crippen LogP contribution in [0.15, 0.2) is 29.2 Å². The summed E-state index contributed by atoms with van der Waals surface area (Å²) in [6.45, 7) is 9.91. The predicted molar refractivity (Wildman–Crippen MR) is 123 cm³/mol. The van der Waals surface area contributed by atoms with Crippen LogP contribution in [0.4, 0.5) is 11.4 Å². The van der Waals surface area contributed by atoms with Crippen molar-refractivity contribution in [1.29, 1.82) is 0 Å². The Kier molecular flexibility index (Phi) is 6.16. The highest BCUT2D eigenvalue weighted by atomic mass is 32.2. The van der Waals surface area contributed by atoms with Crippen LogP contribution in [0.5, 0.6) is 0 Å². The molecule has 0 aliphatic rings. The van der Waals surface area contributed by atoms with Crippen molar-refractivity contribution >= 4 is 48.9 Å². The quantitative estimate of drug-likeness (QED) is 0.593. The largest absolute Gasteiger partial charge is 0.397 e. The van der Waals surface area contributed by atoms with Crippen molar-refractivity contribution < 1.29 is 13.2 Å². The average Bonchev–Trinajstić information content (AvgIpc) is 3.00. The van der Waals surface area contributed by atoms with E-state index in [0.717, 1.165) is 16.6 Å². The lowest BCUT2D eigenvalue weighted by molar-refractivity contribution is 0.103. The van der Waals surface area contributed by atoms with Crippen LogP contribution in [-0.2, 0) is 10.0 Å². The number of nitrogens with zero attached hydrogens (tertiary/aromatic N) is 2. The summed E-state index contributed by atoms with van der Waals surface area (Å²) in [7, 11) is -3.64. The summed E-state index contributed by atoms with van der Waals surface area (Å²) in [6, 6.07) is 6.80. The van der Waals surface area contributed by atoms with Gasteiger partial charge in [-0.3, -0.25) is 4.79 Å². The molecule has 2 aromatic heterocycles. The molecule has 0 aliphatic heterocycles. The number of thiophene rings is 1. The zero-order valence-corrected chi connectivity index (χ0v) is 19.4. The van der Waals surface area contributed by atoms with Crippen molar-refractivity contribution in [1.82, 2.24) is 9.29 Å². The first-order valence-electron chi connectivity index (χ1n) is 9.68. The number of benzene rings is 1. The minimum absolute atomic E-state index is 0.182. The van der Waals surface area contributed by atoms with Gasteiger partial charge in [0.1, 0.15) is 9.71 Å². The Morgan fingerprint density at radius 3 is 2.43 bits per heavy atom. The zero-order valence-electron chi connectivity index (χ0n) is 17.7. The molecular formula is C21H26N4O3S2. The molecule has 1 amide bonds. The number of anilines is 2. The number of nitrogen functional groups attached to an aromatic ring is 1. The number of sulfonamides is 1. The van der Waals surface area contributed by atoms with Gasteiger partial charge in [0.15, 0.2) is 0 Å². The van der Waals surface area contributed by atoms with E-state index >= 15 is 0 Å². The maximum Gasteiger partial charge on any atom is 0.267 e. The number of carbonyl (C=O) groups is 1. The van der Waals surface area contributed by atoms with Gasteiger partial charge in [0, 0.05) is 29.9 Å². The van der Waals surface area contributed by atoms with E-state index in [1.807, 2.05) is 19.9 Å². The Morgan fingerprint density at radius 1 is 1.13 bits per heavy atom. The number of nitrogens with one attached hydrogen (secondary N) is 1. The van der Waals surface area contributed by atoms with Gasteiger partial charge in [0.05, 0.1) is 10.6 Å². The molecule has 0 fully saturated rings. The van der Waals surface area contributed by atoms with Gasteiger partial charge in [0.2, 0.25) is 10.0 Å². The molecule has 3 aromatic rings. The molecule has 1 aromatic carbocycles. The summed E-state index contributed by atoms with van der Waals surface area (Å²) < 4.78 is 27.3. The molecule has 2 heterocycles. The van der Waals surface area contributed by atoms with E-state index in [2.05, 4.69) is 10.3 Å². The number of fused-ring (bicyclic) bond motifs is 1. The fraction of sp³-hybridized carbons (Fsp3) is 0.333. The highest BCUT2D eigenvalue weighted by molar-refractivity contribution is 7.89. The van der Waals surface area contributed by atoms with Crippen LogP contribution in [0, 0.1) is 20.8 Å². The summed E-state index contributed by atoms with van der Waals surface area (Å²) in [5.74, 6) is -0.386. The molecule has 0 bridgehead atoms. The third kappa shape index (κ3) is 3.92. The Morgan fingerprint density at radius 2 is 1.80 bits per heavy atom. The Balaban J connectivity index is 1.98. The lowest BCUT2D eigenvalue weighted by Gasteiger charge is -2.20. The third-order valence-corrected chi connectivity index (χ3v) is 8.29. The second-order valence-corrected chi connectivity index (χ2v) is 10.0. The fourth-order valence-corrected chi connectivity index (χ4v) is 6.30. The molecule has 7 nitrogen and oxygen atoms in total. The monoisotopic (exact) mass is 446 g/mol. The van der Waals surface area contributed by atoms with E-state index in [-0.39, 0.29) is 10.8 Å². The average molecular weight is 447 g/mol. The first-order valence-corrected chi connectivity index (χ1v) is 11.9. The van der Waals surface area contributed by atoms with Crippen LogP contribution >= 0.6 is 11.3 Å². The Labute approximate surface area is 181 Å². The first kappa shape index (κ1) is 22.2. The first-order chi connectivity index (χ1) is 14.1. The normalized spacial score (nSPS) is 11.9. The van der Waals surface area contributed by atoms with Crippen molar-refractivity contribution in [2.45, 2.75) is 39.5 Å². The summed E-state index contributed by atoms with van der Waals surface area (Å²) in [5, 5.41) is 3.57. The summed E-state index contributed by atoms with van der Waals surface area (Å²) in [6.07, 6.45) is 0. The molecule has 0 aliphatic carbocycles. The van der Waals surface area contributed by atoms with Crippen LogP contribution in [0.25, 0.3) is 10.2 Å². The molecule has 3 N–H and O–H groups in total. The van der Waals surface area contributed by atoms with Crippen LogP contribution in [0.2, 0.25) is 0 Å². The fourth-order valence-electron chi connectivity index (χ4n) is 3.48. The highest BCUT2D eigenvalue weighted by Crippen LogP contribution is 2.35. The van der Waals surface area contributed by atoms with E-state index < -0.39 is 10.0 Å². The number of amides is 1. The minimum Gasteiger partial charge on any atom is -0.397 e. The highest BCUT2D eigenvalue weighted by Gasteiger charge is 2.25. The van der Waals surface area contributed by atoms with E-state index in [9.17, 15) is 13.2 Å². The van der Waals surface area contributed by atoms with Crippen molar-refractivity contribution in [2.75, 3.05) is 24.1 Å². The molecule has 0 saturated heterocycles. The molecular weight excluding hydrogens is 420 g/mol. The van der Waals surface area contributed by atoms with Gasteiger partial charge in [-0.25, -0.2) is 13.4 Å². The van der Waals surface area contributed by atoms with Crippen LogP contribution < -0.4 is 11.1 Å². The molecule has 9 heteroatoms. The van der Waals surface area contributed by atoms with Crippen molar-refractivity contribution in [2.24, 2.45) is 0 Å². The van der Waals surface area contributed by atoms with Crippen LogP contribution in [-0.4, -0.2) is 36.7 Å². The summed E-state index contributed by atoms with van der Waals surface area (Å²) in [5.41, 5.74) is 9.48. The number of aryl methyl sites for hydroxylation is 3. The van der Waals surface area contributed by atoms with Gasteiger partial charge in [-0.1, -0.05) is 19.9 Å². The van der Waals surface area contributed by atoms with E-state index in [0.29, 0.717) is 39.7 Å². The number of pyridine rings is 1. The number of aromatic nitrogens is 1. The second-order valence-electron chi connectivity index (χ2n) is 7.13. The predicted octanol–water partition coefficient (Wildman–Crippen LogP) is 4.09. The van der Waals surface area contributed by atoms with Gasteiger partial charge in [-0.2, -0.15) is 4.31 Å². The minimum atomic E-state index is -3.64. The van der Waals surface area contributed by atoms with Gasteiger partial charge in [0.25, 0.3) is 5.91 Å². The molecule has 3 rings (SSSR count). The smallest absolute Gasteiger partial charge is 0.267 e. The van der Waals surface area contributed by atoms with Gasteiger partial charge >= 0.3 is 0 Å². The van der Waals surface area contributed by atoms with Gasteiger partial charge in [-0.15, -0.1) is 11.3 Å². The van der Waals surface area contributed by atoms with Crippen molar-refractivity contribution in [3.05, 3.63) is 46.0 Å². The molecule has 30 heavy (non-hydrogen) atoms. The number of rotatable bonds is 6. The number of carbonyl (C=O) groups excluding carboxylic acids is 1. The molecule has 0 spiro atoms. The topological polar surface area (TPSA) is 105 Å². The van der Waals surface area contributed by atoms with Crippen LogP contribution in [0.3, 0.4) is 0 Å². The standard InChI is InChI=1S/C21H26N4O3S2/c1-6-25(7-2)30(27,28)16-11-15(9-8-12(16)3)24-20(26)19-18(22)17-13(4)10-14(5)23-21(17)29-19/h8-11H,6-7,22H2,1-5H3,(H,24,26). The SMILES string of the molecule is CCN(CC)S(=O)(=O)c1cc(NC(=O)c2sc3nc(C)cc(C)c3c2N)ccc1C. The van der Waals surface area contributed by atoms with Gasteiger partial charge < -0.3 is 11.1 Å². The summed E-state index contributed by atoms with van der Waals surface area (Å²) in [4.78, 5) is 18.7. The molecule has 0 unspecified atom stereocenters.